The molecule has 1 fully saturated rings. The third-order valence-electron chi connectivity index (χ3n) is 4.74. The number of nitrogens with zero attached hydrogens (tertiary/aromatic N) is 1. The number of ether oxygens (including phenoxy) is 1. The molecule has 2 N–H and O–H groups in total. The second-order valence-electron chi connectivity index (χ2n) is 6.47. The minimum Gasteiger partial charge on any atom is -0.481 e. The van der Waals surface area contributed by atoms with Crippen molar-refractivity contribution in [3.05, 3.63) is 66.0 Å². The van der Waals surface area contributed by atoms with Crippen molar-refractivity contribution in [3.8, 4) is 5.75 Å². The summed E-state index contributed by atoms with van der Waals surface area (Å²) < 4.78 is 18.9. The lowest BCUT2D eigenvalue weighted by Crippen LogP contribution is -2.39. The topological polar surface area (TPSA) is 55.6 Å². The molecule has 2 aromatic rings. The molecule has 2 aromatic carbocycles. The number of carbonyl (C=O) groups is 1. The first-order chi connectivity index (χ1) is 12.1. The van der Waals surface area contributed by atoms with E-state index in [2.05, 4.69) is 12.1 Å². The van der Waals surface area contributed by atoms with Crippen molar-refractivity contribution in [2.45, 2.75) is 18.9 Å². The zero-order valence-corrected chi connectivity index (χ0v) is 14.3. The van der Waals surface area contributed by atoms with Gasteiger partial charge in [-0.3, -0.25) is 4.79 Å². The van der Waals surface area contributed by atoms with Crippen LogP contribution in [0.5, 0.6) is 5.75 Å². The Kier molecular flexibility index (Phi) is 5.34. The number of halogens is 1. The van der Waals surface area contributed by atoms with Crippen molar-refractivity contribution in [2.75, 3.05) is 19.6 Å². The third kappa shape index (κ3) is 3.99. The monoisotopic (exact) mass is 342 g/mol. The van der Waals surface area contributed by atoms with Crippen LogP contribution in [-0.2, 0) is 4.79 Å². The molecule has 1 aliphatic heterocycles. The maximum Gasteiger partial charge on any atom is 0.263 e. The minimum absolute atomic E-state index is 0.0962. The molecule has 1 aliphatic rings. The van der Waals surface area contributed by atoms with E-state index in [1.165, 1.54) is 17.7 Å². The number of likely N-dealkylation sites (tertiary alicyclic amines) is 1. The average molecular weight is 342 g/mol. The van der Waals surface area contributed by atoms with Crippen LogP contribution >= 0.6 is 0 Å². The van der Waals surface area contributed by atoms with E-state index in [9.17, 15) is 9.18 Å². The van der Waals surface area contributed by atoms with E-state index in [0.717, 1.165) is 0 Å². The second kappa shape index (κ2) is 7.66. The number of benzene rings is 2. The Morgan fingerprint density at radius 3 is 2.68 bits per heavy atom. The van der Waals surface area contributed by atoms with E-state index in [-0.39, 0.29) is 23.6 Å². The van der Waals surface area contributed by atoms with Crippen molar-refractivity contribution in [2.24, 2.45) is 11.7 Å². The van der Waals surface area contributed by atoms with Gasteiger partial charge in [-0.2, -0.15) is 0 Å². The Hall–Kier alpha value is -2.40. The van der Waals surface area contributed by atoms with Crippen LogP contribution in [-0.4, -0.2) is 36.5 Å². The molecule has 4 nitrogen and oxygen atoms in total. The molecule has 0 spiro atoms. The Bertz CT molecular complexity index is 723. The van der Waals surface area contributed by atoms with E-state index >= 15 is 0 Å². The highest BCUT2D eigenvalue weighted by Gasteiger charge is 2.37. The van der Waals surface area contributed by atoms with Crippen molar-refractivity contribution < 1.29 is 13.9 Å². The molecule has 132 valence electrons. The zero-order valence-electron chi connectivity index (χ0n) is 14.3. The predicted octanol–water partition coefficient (Wildman–Crippen LogP) is 2.79. The summed E-state index contributed by atoms with van der Waals surface area (Å²) in [6.45, 7) is 3.47. The highest BCUT2D eigenvalue weighted by molar-refractivity contribution is 5.81. The van der Waals surface area contributed by atoms with Gasteiger partial charge >= 0.3 is 0 Å². The molecule has 3 rings (SSSR count). The second-order valence-corrected chi connectivity index (χ2v) is 6.47. The molecule has 3 atom stereocenters. The fourth-order valence-electron chi connectivity index (χ4n) is 3.42. The predicted molar refractivity (Wildman–Crippen MR) is 94.8 cm³/mol. The van der Waals surface area contributed by atoms with Crippen molar-refractivity contribution in [1.82, 2.24) is 4.90 Å². The fraction of sp³-hybridized carbons (Fsp3) is 0.350. The molecule has 0 saturated carbocycles. The highest BCUT2D eigenvalue weighted by Crippen LogP contribution is 2.32. The molecular weight excluding hydrogens is 319 g/mol. The summed E-state index contributed by atoms with van der Waals surface area (Å²) in [5.74, 6) is 0.339. The molecule has 1 saturated heterocycles. The standard InChI is InChI=1S/C20H23FN2O2/c1-14(25-18-9-5-8-17(21)10-18)20(24)23-12-16(11-22)19(13-23)15-6-3-2-4-7-15/h2-10,14,16,19H,11-13,22H2,1H3/t14?,16-,19+/m1/s1. The van der Waals surface area contributed by atoms with E-state index < -0.39 is 6.10 Å². The van der Waals surface area contributed by atoms with Crippen molar-refractivity contribution in [3.63, 3.8) is 0 Å². The number of hydrogen-bond donors (Lipinski definition) is 1. The molecule has 5 heteroatoms. The summed E-state index contributed by atoms with van der Waals surface area (Å²) in [4.78, 5) is 14.5. The van der Waals surface area contributed by atoms with Gasteiger partial charge in [0.15, 0.2) is 6.10 Å². The first-order valence-corrected chi connectivity index (χ1v) is 8.54. The molecular formula is C20H23FN2O2. The normalized spacial score (nSPS) is 21.2. The van der Waals surface area contributed by atoms with Crippen molar-refractivity contribution >= 4 is 5.91 Å². The third-order valence-corrected chi connectivity index (χ3v) is 4.74. The molecule has 0 aliphatic carbocycles. The molecule has 0 bridgehead atoms. The summed E-state index contributed by atoms with van der Waals surface area (Å²) in [6.07, 6.45) is -0.672. The van der Waals surface area contributed by atoms with Crippen LogP contribution in [0.15, 0.2) is 54.6 Å². The van der Waals surface area contributed by atoms with Gasteiger partial charge in [-0.15, -0.1) is 0 Å². The van der Waals surface area contributed by atoms with Gasteiger partial charge in [0, 0.05) is 25.1 Å². The number of hydrogen-bond acceptors (Lipinski definition) is 3. The Morgan fingerprint density at radius 1 is 1.24 bits per heavy atom. The Balaban J connectivity index is 1.68. The van der Waals surface area contributed by atoms with Crippen LogP contribution in [0, 0.1) is 11.7 Å². The summed E-state index contributed by atoms with van der Waals surface area (Å²) in [5.41, 5.74) is 7.13. The van der Waals surface area contributed by atoms with Gasteiger partial charge in [0.2, 0.25) is 0 Å². The van der Waals surface area contributed by atoms with Gasteiger partial charge < -0.3 is 15.4 Å². The smallest absolute Gasteiger partial charge is 0.263 e. The van der Waals surface area contributed by atoms with Gasteiger partial charge in [0.05, 0.1) is 0 Å². The lowest BCUT2D eigenvalue weighted by Gasteiger charge is -2.22. The number of rotatable bonds is 5. The number of amides is 1. The van der Waals surface area contributed by atoms with E-state index in [0.29, 0.717) is 25.4 Å². The van der Waals surface area contributed by atoms with Crippen LogP contribution in [0.2, 0.25) is 0 Å². The maximum atomic E-state index is 13.3. The fourth-order valence-corrected chi connectivity index (χ4v) is 3.42. The maximum absolute atomic E-state index is 13.3. The summed E-state index contributed by atoms with van der Waals surface area (Å²) in [5, 5.41) is 0. The van der Waals surface area contributed by atoms with Gasteiger partial charge in [0.25, 0.3) is 5.91 Å². The van der Waals surface area contributed by atoms with Crippen LogP contribution in [0.3, 0.4) is 0 Å². The van der Waals surface area contributed by atoms with E-state index in [1.807, 2.05) is 18.2 Å². The molecule has 25 heavy (non-hydrogen) atoms. The summed E-state index contributed by atoms with van der Waals surface area (Å²) in [6, 6.07) is 16.0. The van der Waals surface area contributed by atoms with Crippen LogP contribution in [0.1, 0.15) is 18.4 Å². The quantitative estimate of drug-likeness (QED) is 0.909. The van der Waals surface area contributed by atoms with Gasteiger partial charge in [-0.1, -0.05) is 36.4 Å². The lowest BCUT2D eigenvalue weighted by atomic mass is 9.89. The number of carbonyl (C=O) groups excluding carboxylic acids is 1. The minimum atomic E-state index is -0.672. The van der Waals surface area contributed by atoms with Gasteiger partial charge in [0.1, 0.15) is 11.6 Å². The molecule has 1 heterocycles. The molecule has 1 amide bonds. The van der Waals surface area contributed by atoms with Crippen LogP contribution < -0.4 is 10.5 Å². The van der Waals surface area contributed by atoms with Gasteiger partial charge in [-0.05, 0) is 37.1 Å². The van der Waals surface area contributed by atoms with Crippen LogP contribution in [0.25, 0.3) is 0 Å². The average Bonchev–Trinajstić information content (AvgIpc) is 3.06. The van der Waals surface area contributed by atoms with Crippen molar-refractivity contribution in [1.29, 1.82) is 0 Å². The van der Waals surface area contributed by atoms with E-state index in [1.54, 1.807) is 24.0 Å². The van der Waals surface area contributed by atoms with Gasteiger partial charge in [-0.25, -0.2) is 4.39 Å². The summed E-state index contributed by atoms with van der Waals surface area (Å²) >= 11 is 0. The largest absolute Gasteiger partial charge is 0.481 e. The SMILES string of the molecule is CC(Oc1cccc(F)c1)C(=O)N1C[C@@H](CN)[C@H](c2ccccc2)C1. The first-order valence-electron chi connectivity index (χ1n) is 8.54. The van der Waals surface area contributed by atoms with Crippen LogP contribution in [0.4, 0.5) is 4.39 Å². The Labute approximate surface area is 147 Å². The van der Waals surface area contributed by atoms with E-state index in [4.69, 9.17) is 10.5 Å². The zero-order chi connectivity index (χ0) is 17.8. The molecule has 0 radical (unpaired) electrons. The lowest BCUT2D eigenvalue weighted by molar-refractivity contribution is -0.137. The molecule has 1 unspecified atom stereocenters. The summed E-state index contributed by atoms with van der Waals surface area (Å²) in [7, 11) is 0. The first kappa shape index (κ1) is 17.4. The molecule has 0 aromatic heterocycles. The highest BCUT2D eigenvalue weighted by atomic mass is 19.1. The Morgan fingerprint density at radius 2 is 2.00 bits per heavy atom. The number of nitrogens with two attached hydrogens (primary N) is 1.